The first-order chi connectivity index (χ1) is 8.15. The molecule has 0 aromatic heterocycles. The molecule has 0 saturated carbocycles. The van der Waals surface area contributed by atoms with Crippen LogP contribution in [0.3, 0.4) is 0 Å². The van der Waals surface area contributed by atoms with Crippen LogP contribution >= 0.6 is 11.8 Å². The fourth-order valence-electron chi connectivity index (χ4n) is 1.73. The highest BCUT2D eigenvalue weighted by Gasteiger charge is 2.06. The van der Waals surface area contributed by atoms with Crippen LogP contribution in [-0.2, 0) is 0 Å². The third kappa shape index (κ3) is 3.37. The van der Waals surface area contributed by atoms with Crippen molar-refractivity contribution in [1.82, 2.24) is 0 Å². The highest BCUT2D eigenvalue weighted by Crippen LogP contribution is 2.34. The Morgan fingerprint density at radius 1 is 0.765 bits per heavy atom. The summed E-state index contributed by atoms with van der Waals surface area (Å²) in [6, 6.07) is 17.6. The van der Waals surface area contributed by atoms with E-state index in [0.29, 0.717) is 5.25 Å². The van der Waals surface area contributed by atoms with E-state index >= 15 is 0 Å². The van der Waals surface area contributed by atoms with Crippen molar-refractivity contribution in [2.45, 2.75) is 30.9 Å². The van der Waals surface area contributed by atoms with Gasteiger partial charge in [-0.2, -0.15) is 0 Å². The van der Waals surface area contributed by atoms with Gasteiger partial charge in [-0.05, 0) is 38.5 Å². The molecule has 2 aromatic rings. The van der Waals surface area contributed by atoms with E-state index in [-0.39, 0.29) is 0 Å². The molecule has 0 fully saturated rings. The van der Waals surface area contributed by atoms with Gasteiger partial charge in [0.05, 0.1) is 0 Å². The van der Waals surface area contributed by atoms with Gasteiger partial charge in [0.25, 0.3) is 0 Å². The van der Waals surface area contributed by atoms with Crippen LogP contribution in [0.1, 0.15) is 28.9 Å². The minimum atomic E-state index is 0.498. The monoisotopic (exact) mass is 242 g/mol. The quantitative estimate of drug-likeness (QED) is 0.670. The van der Waals surface area contributed by atoms with Crippen LogP contribution in [0.2, 0.25) is 0 Å². The van der Waals surface area contributed by atoms with E-state index in [9.17, 15) is 0 Å². The van der Waals surface area contributed by atoms with Gasteiger partial charge in [-0.1, -0.05) is 47.5 Å². The maximum Gasteiger partial charge on any atom is 0.0316 e. The molecule has 1 unspecified atom stereocenters. The summed E-state index contributed by atoms with van der Waals surface area (Å²) in [5.74, 6) is 0. The Kier molecular flexibility index (Phi) is 3.90. The molecule has 0 heterocycles. The van der Waals surface area contributed by atoms with Gasteiger partial charge in [-0.25, -0.2) is 0 Å². The molecule has 0 bridgehead atoms. The lowest BCUT2D eigenvalue weighted by molar-refractivity contribution is 1.09. The largest absolute Gasteiger partial charge is 0.118 e. The zero-order valence-electron chi connectivity index (χ0n) is 10.6. The van der Waals surface area contributed by atoms with Crippen molar-refractivity contribution in [2.75, 3.05) is 0 Å². The number of rotatable bonds is 3. The van der Waals surface area contributed by atoms with Crippen molar-refractivity contribution in [3.63, 3.8) is 0 Å². The Morgan fingerprint density at radius 3 is 1.76 bits per heavy atom. The van der Waals surface area contributed by atoms with Gasteiger partial charge < -0.3 is 0 Å². The highest BCUT2D eigenvalue weighted by molar-refractivity contribution is 7.99. The van der Waals surface area contributed by atoms with E-state index in [2.05, 4.69) is 69.3 Å². The van der Waals surface area contributed by atoms with Crippen molar-refractivity contribution in [3.05, 3.63) is 65.2 Å². The zero-order chi connectivity index (χ0) is 12.3. The molecule has 1 heteroatoms. The van der Waals surface area contributed by atoms with Crippen LogP contribution in [0.15, 0.2) is 53.4 Å². The minimum absolute atomic E-state index is 0.498. The van der Waals surface area contributed by atoms with Crippen LogP contribution in [0.5, 0.6) is 0 Å². The first kappa shape index (κ1) is 12.3. The van der Waals surface area contributed by atoms with Crippen molar-refractivity contribution in [2.24, 2.45) is 0 Å². The molecule has 1 atom stereocenters. The van der Waals surface area contributed by atoms with Gasteiger partial charge in [-0.15, -0.1) is 11.8 Å². The summed E-state index contributed by atoms with van der Waals surface area (Å²) in [6.07, 6.45) is 0. The van der Waals surface area contributed by atoms with Gasteiger partial charge in [0.15, 0.2) is 0 Å². The summed E-state index contributed by atoms with van der Waals surface area (Å²) in [6.45, 7) is 6.51. The topological polar surface area (TPSA) is 0 Å². The molecule has 0 aliphatic carbocycles. The second-order valence-electron chi connectivity index (χ2n) is 4.48. The lowest BCUT2D eigenvalue weighted by Gasteiger charge is -2.12. The summed E-state index contributed by atoms with van der Waals surface area (Å²) in [5, 5.41) is 0.498. The number of thioether (sulfide) groups is 1. The summed E-state index contributed by atoms with van der Waals surface area (Å²) in [7, 11) is 0. The molecule has 0 amide bonds. The number of benzene rings is 2. The average Bonchev–Trinajstić information content (AvgIpc) is 2.33. The maximum atomic E-state index is 2.26. The fourth-order valence-corrected chi connectivity index (χ4v) is 2.72. The molecule has 88 valence electrons. The third-order valence-corrected chi connectivity index (χ3v) is 4.05. The van der Waals surface area contributed by atoms with Crippen LogP contribution in [0, 0.1) is 13.8 Å². The number of hydrogen-bond acceptors (Lipinski definition) is 1. The van der Waals surface area contributed by atoms with Crippen molar-refractivity contribution < 1.29 is 0 Å². The van der Waals surface area contributed by atoms with Crippen molar-refractivity contribution in [1.29, 1.82) is 0 Å². The van der Waals surface area contributed by atoms with E-state index in [4.69, 9.17) is 0 Å². The molecule has 2 aromatic carbocycles. The second kappa shape index (κ2) is 5.42. The Labute approximate surface area is 108 Å². The predicted molar refractivity (Wildman–Crippen MR) is 76.6 cm³/mol. The lowest BCUT2D eigenvalue weighted by Crippen LogP contribution is -1.88. The van der Waals surface area contributed by atoms with E-state index in [1.165, 1.54) is 21.6 Å². The first-order valence-electron chi connectivity index (χ1n) is 5.95. The molecule has 0 aliphatic heterocycles. The van der Waals surface area contributed by atoms with Gasteiger partial charge in [0.2, 0.25) is 0 Å². The standard InChI is InChI=1S/C16H18S/c1-12-4-8-15(9-5-12)14(3)17-16-10-6-13(2)7-11-16/h4-11,14H,1-3H3. The Bertz CT molecular complexity index is 468. The normalized spacial score (nSPS) is 12.4. The smallest absolute Gasteiger partial charge is 0.0316 e. The van der Waals surface area contributed by atoms with Crippen molar-refractivity contribution >= 4 is 11.8 Å². The maximum absolute atomic E-state index is 2.26. The molecule has 0 spiro atoms. The predicted octanol–water partition coefficient (Wildman–Crippen LogP) is 5.16. The second-order valence-corrected chi connectivity index (χ2v) is 5.90. The number of aryl methyl sites for hydroxylation is 2. The van der Waals surface area contributed by atoms with E-state index in [1.54, 1.807) is 0 Å². The van der Waals surface area contributed by atoms with Crippen LogP contribution in [0.25, 0.3) is 0 Å². The zero-order valence-corrected chi connectivity index (χ0v) is 11.4. The molecule has 0 nitrogen and oxygen atoms in total. The van der Waals surface area contributed by atoms with E-state index in [0.717, 1.165) is 0 Å². The lowest BCUT2D eigenvalue weighted by atomic mass is 10.1. The molecular formula is C16H18S. The minimum Gasteiger partial charge on any atom is -0.118 e. The Morgan fingerprint density at radius 2 is 1.24 bits per heavy atom. The molecular weight excluding hydrogens is 224 g/mol. The molecule has 17 heavy (non-hydrogen) atoms. The third-order valence-electron chi connectivity index (χ3n) is 2.88. The van der Waals surface area contributed by atoms with Gasteiger partial charge >= 0.3 is 0 Å². The fraction of sp³-hybridized carbons (Fsp3) is 0.250. The van der Waals surface area contributed by atoms with Gasteiger partial charge in [0, 0.05) is 10.1 Å². The first-order valence-corrected chi connectivity index (χ1v) is 6.83. The molecule has 0 radical (unpaired) electrons. The van der Waals surface area contributed by atoms with Crippen LogP contribution in [0.4, 0.5) is 0 Å². The molecule has 0 aliphatic rings. The summed E-state index contributed by atoms with van der Waals surface area (Å²) < 4.78 is 0. The highest BCUT2D eigenvalue weighted by atomic mass is 32.2. The van der Waals surface area contributed by atoms with E-state index in [1.807, 2.05) is 11.8 Å². The van der Waals surface area contributed by atoms with Gasteiger partial charge in [0.1, 0.15) is 0 Å². The summed E-state index contributed by atoms with van der Waals surface area (Å²) in [5.41, 5.74) is 4.03. The van der Waals surface area contributed by atoms with Crippen molar-refractivity contribution in [3.8, 4) is 0 Å². The number of hydrogen-bond donors (Lipinski definition) is 0. The molecule has 2 rings (SSSR count). The van der Waals surface area contributed by atoms with Crippen LogP contribution < -0.4 is 0 Å². The van der Waals surface area contributed by atoms with Gasteiger partial charge in [-0.3, -0.25) is 0 Å². The van der Waals surface area contributed by atoms with E-state index < -0.39 is 0 Å². The summed E-state index contributed by atoms with van der Waals surface area (Å²) >= 11 is 1.91. The Hall–Kier alpha value is -1.21. The average molecular weight is 242 g/mol. The molecule has 0 N–H and O–H groups in total. The van der Waals surface area contributed by atoms with Crippen LogP contribution in [-0.4, -0.2) is 0 Å². The Balaban J connectivity index is 2.08. The summed E-state index contributed by atoms with van der Waals surface area (Å²) in [4.78, 5) is 1.34. The SMILES string of the molecule is Cc1ccc(SC(C)c2ccc(C)cc2)cc1. The molecule has 0 saturated heterocycles.